The Bertz CT molecular complexity index is 880. The van der Waals surface area contributed by atoms with Crippen molar-refractivity contribution in [2.45, 2.75) is 92.3 Å². The molecule has 2 aromatic rings. The molecule has 0 aliphatic carbocycles. The summed E-state index contributed by atoms with van der Waals surface area (Å²) in [6, 6.07) is 1.90. The lowest BCUT2D eigenvalue weighted by Gasteiger charge is -2.25. The quantitative estimate of drug-likeness (QED) is 0.681. The molecule has 0 N–H and O–H groups in total. The van der Waals surface area contributed by atoms with Crippen molar-refractivity contribution in [3.05, 3.63) is 34.7 Å². The third-order valence-corrected chi connectivity index (χ3v) is 4.24. The zero-order valence-electron chi connectivity index (χ0n) is 20.9. The molecule has 2 aromatic heterocycles. The van der Waals surface area contributed by atoms with Crippen molar-refractivity contribution in [2.24, 2.45) is 0 Å². The van der Waals surface area contributed by atoms with Crippen LogP contribution in [-0.4, -0.2) is 19.9 Å². The Kier molecular flexibility index (Phi) is 4.02. The van der Waals surface area contributed by atoms with Gasteiger partial charge in [0.15, 0.2) is 5.82 Å². The van der Waals surface area contributed by atoms with Crippen molar-refractivity contribution in [2.75, 3.05) is 0 Å². The molecule has 0 fully saturated rings. The van der Waals surface area contributed by atoms with E-state index in [1.165, 1.54) is 0 Å². The van der Waals surface area contributed by atoms with Crippen LogP contribution in [0.25, 0.3) is 11.4 Å². The van der Waals surface area contributed by atoms with Crippen molar-refractivity contribution >= 4 is 0 Å². The molecular weight excluding hydrogens is 320 g/mol. The number of pyridine rings is 1. The lowest BCUT2D eigenvalue weighted by atomic mass is 9.84. The highest BCUT2D eigenvalue weighted by atomic mass is 15.1. The Hall–Kier alpha value is -1.84. The Morgan fingerprint density at radius 3 is 1.58 bits per heavy atom. The maximum absolute atomic E-state index is 8.04. The Labute approximate surface area is 163 Å². The maximum atomic E-state index is 8.04. The first-order valence-corrected chi connectivity index (χ1v) is 9.12. The molecule has 4 nitrogen and oxygen atoms in total. The van der Waals surface area contributed by atoms with Crippen LogP contribution in [0.1, 0.15) is 95.0 Å². The van der Waals surface area contributed by atoms with Crippen molar-refractivity contribution in [3.8, 4) is 11.4 Å². The van der Waals surface area contributed by atoms with Crippen LogP contribution in [-0.2, 0) is 16.2 Å². The van der Waals surface area contributed by atoms with Crippen LogP contribution in [0, 0.1) is 13.8 Å². The van der Waals surface area contributed by atoms with Gasteiger partial charge in [0.2, 0.25) is 0 Å². The fourth-order valence-corrected chi connectivity index (χ4v) is 2.70. The van der Waals surface area contributed by atoms with Crippen LogP contribution < -0.4 is 0 Å². The predicted molar refractivity (Wildman–Crippen MR) is 109 cm³/mol. The molecule has 0 spiro atoms. The average Bonchev–Trinajstić information content (AvgIpc) is 2.50. The highest BCUT2D eigenvalue weighted by Crippen LogP contribution is 2.32. The molecule has 0 atom stereocenters. The van der Waals surface area contributed by atoms with Crippen LogP contribution >= 0.6 is 0 Å². The molecule has 0 amide bonds. The van der Waals surface area contributed by atoms with Crippen molar-refractivity contribution in [1.29, 1.82) is 0 Å². The summed E-state index contributed by atoms with van der Waals surface area (Å²) in [4.78, 5) is 18.6. The fourth-order valence-electron chi connectivity index (χ4n) is 2.70. The van der Waals surface area contributed by atoms with Crippen LogP contribution in [0.15, 0.2) is 6.07 Å². The van der Waals surface area contributed by atoms with Gasteiger partial charge in [-0.05, 0) is 30.8 Å². The van der Waals surface area contributed by atoms with E-state index in [2.05, 4.69) is 25.8 Å². The van der Waals surface area contributed by atoms with E-state index in [-0.39, 0.29) is 21.9 Å². The topological polar surface area (TPSA) is 51.6 Å². The first-order valence-electron chi connectivity index (χ1n) is 10.6. The Morgan fingerprint density at radius 2 is 1.19 bits per heavy atom. The second-order valence-corrected chi connectivity index (χ2v) is 10.1. The summed E-state index contributed by atoms with van der Waals surface area (Å²) >= 11 is 0. The number of hydrogen-bond donors (Lipinski definition) is 0. The van der Waals surface area contributed by atoms with Crippen LogP contribution in [0.5, 0.6) is 0 Å². The fraction of sp³-hybridized carbons (Fsp3) is 0.636. The monoisotopic (exact) mass is 357 g/mol. The average molecular weight is 358 g/mol. The standard InChI is InChI=1S/C22H34N4/c1-13-15(12-16(14(2)23-13)20(3,4)5)17-24-18(21(6,7)8)26-19(25-17)22(9,10)11/h12H,1-11H3/i1D3. The number of aromatic nitrogens is 4. The zero-order valence-corrected chi connectivity index (χ0v) is 17.9. The van der Waals surface area contributed by atoms with E-state index < -0.39 is 6.85 Å². The van der Waals surface area contributed by atoms with Crippen molar-refractivity contribution < 1.29 is 4.11 Å². The molecule has 0 aliphatic rings. The van der Waals surface area contributed by atoms with Gasteiger partial charge in [0.25, 0.3) is 0 Å². The van der Waals surface area contributed by atoms with Crippen LogP contribution in [0.4, 0.5) is 0 Å². The molecule has 0 saturated carbocycles. The molecule has 0 aromatic carbocycles. The second kappa shape index (κ2) is 6.40. The first-order chi connectivity index (χ1) is 12.8. The first kappa shape index (κ1) is 16.3. The van der Waals surface area contributed by atoms with Gasteiger partial charge in [-0.2, -0.15) is 0 Å². The Balaban J connectivity index is 2.95. The molecule has 26 heavy (non-hydrogen) atoms. The molecule has 142 valence electrons. The third-order valence-electron chi connectivity index (χ3n) is 4.24. The summed E-state index contributed by atoms with van der Waals surface area (Å²) < 4.78 is 24.1. The van der Waals surface area contributed by atoms with E-state index in [0.29, 0.717) is 28.7 Å². The van der Waals surface area contributed by atoms with E-state index in [9.17, 15) is 0 Å². The van der Waals surface area contributed by atoms with E-state index in [4.69, 9.17) is 19.1 Å². The highest BCUT2D eigenvalue weighted by molar-refractivity contribution is 5.60. The molecule has 0 unspecified atom stereocenters. The minimum absolute atomic E-state index is 0.0360. The van der Waals surface area contributed by atoms with Gasteiger partial charge in [0, 0.05) is 31.9 Å². The molecule has 0 bridgehead atoms. The van der Waals surface area contributed by atoms with Gasteiger partial charge in [-0.3, -0.25) is 4.98 Å². The minimum Gasteiger partial charge on any atom is -0.257 e. The zero-order chi connectivity index (χ0) is 22.6. The van der Waals surface area contributed by atoms with E-state index >= 15 is 0 Å². The normalized spacial score (nSPS) is 15.4. The largest absolute Gasteiger partial charge is 0.257 e. The predicted octanol–water partition coefficient (Wildman–Crippen LogP) is 5.44. The van der Waals surface area contributed by atoms with Gasteiger partial charge in [-0.15, -0.1) is 0 Å². The molecule has 2 rings (SSSR count). The second-order valence-electron chi connectivity index (χ2n) is 10.1. The summed E-state index contributed by atoms with van der Waals surface area (Å²) in [7, 11) is 0. The van der Waals surface area contributed by atoms with E-state index in [1.807, 2.05) is 54.5 Å². The van der Waals surface area contributed by atoms with Crippen molar-refractivity contribution in [1.82, 2.24) is 19.9 Å². The van der Waals surface area contributed by atoms with E-state index in [0.717, 1.165) is 5.56 Å². The minimum atomic E-state index is -2.37. The SMILES string of the molecule is [2H]C([2H])([2H])c1nc(C)c(C(C)(C)C)cc1-c1nc(C(C)(C)C)nc(C(C)(C)C)n1. The summed E-state index contributed by atoms with van der Waals surface area (Å²) in [5.74, 6) is 1.66. The highest BCUT2D eigenvalue weighted by Gasteiger charge is 2.27. The van der Waals surface area contributed by atoms with Gasteiger partial charge in [0.05, 0.1) is 0 Å². The van der Waals surface area contributed by atoms with Crippen molar-refractivity contribution in [3.63, 3.8) is 0 Å². The number of rotatable bonds is 1. The van der Waals surface area contributed by atoms with Gasteiger partial charge in [-0.25, -0.2) is 15.0 Å². The summed E-state index contributed by atoms with van der Waals surface area (Å²) in [5.41, 5.74) is 1.40. The lowest BCUT2D eigenvalue weighted by Crippen LogP contribution is -2.24. The van der Waals surface area contributed by atoms with E-state index in [1.54, 1.807) is 0 Å². The smallest absolute Gasteiger partial charge is 0.165 e. The molecule has 2 heterocycles. The van der Waals surface area contributed by atoms with Gasteiger partial charge >= 0.3 is 0 Å². The molecular formula is C22H34N4. The van der Waals surface area contributed by atoms with Gasteiger partial charge in [0.1, 0.15) is 11.6 Å². The number of aryl methyl sites for hydroxylation is 2. The number of hydrogen-bond acceptors (Lipinski definition) is 4. The van der Waals surface area contributed by atoms with Gasteiger partial charge < -0.3 is 0 Å². The lowest BCUT2D eigenvalue weighted by molar-refractivity contribution is 0.497. The Morgan fingerprint density at radius 1 is 0.692 bits per heavy atom. The number of nitrogens with zero attached hydrogens (tertiary/aromatic N) is 4. The maximum Gasteiger partial charge on any atom is 0.165 e. The summed E-state index contributed by atoms with van der Waals surface area (Å²) in [5, 5.41) is 0. The molecule has 0 aliphatic heterocycles. The van der Waals surface area contributed by atoms with Crippen LogP contribution in [0.2, 0.25) is 0 Å². The molecule has 4 heteroatoms. The van der Waals surface area contributed by atoms with Gasteiger partial charge in [-0.1, -0.05) is 62.3 Å². The van der Waals surface area contributed by atoms with Crippen LogP contribution in [0.3, 0.4) is 0 Å². The third kappa shape index (κ3) is 4.28. The summed E-state index contributed by atoms with van der Waals surface area (Å²) in [6.07, 6.45) is 0. The molecule has 0 saturated heterocycles. The summed E-state index contributed by atoms with van der Waals surface area (Å²) in [6.45, 7) is 18.0. The molecule has 0 radical (unpaired) electrons.